The Hall–Kier alpha value is -3.65. The number of phenolic OH excluding ortho intramolecular Hbond substituents is 1. The first-order chi connectivity index (χ1) is 17.3. The zero-order valence-corrected chi connectivity index (χ0v) is 21.7. The molecule has 0 aliphatic carbocycles. The molecule has 0 amide bonds. The first-order valence-corrected chi connectivity index (χ1v) is 12.7. The summed E-state index contributed by atoms with van der Waals surface area (Å²) >= 11 is 1.42. The van der Waals surface area contributed by atoms with Crippen LogP contribution in [0.15, 0.2) is 83.5 Å². The molecule has 2 heterocycles. The largest absolute Gasteiger partial charge is 0.508 e. The number of rotatable bonds is 6. The van der Waals surface area contributed by atoms with E-state index in [4.69, 9.17) is 14.6 Å². The molecule has 4 rings (SSSR count). The predicted molar refractivity (Wildman–Crippen MR) is 139 cm³/mol. The van der Waals surface area contributed by atoms with Crippen molar-refractivity contribution in [2.75, 3.05) is 13.2 Å². The van der Waals surface area contributed by atoms with Gasteiger partial charge in [-0.15, -0.1) is 11.3 Å². The maximum atomic E-state index is 13.3. The first kappa shape index (κ1) is 26.9. The number of carbonyl (C=O) groups excluding carboxylic acids is 2. The lowest BCUT2D eigenvalue weighted by Gasteiger charge is -2.46. The highest BCUT2D eigenvalue weighted by Gasteiger charge is 2.53. The van der Waals surface area contributed by atoms with E-state index in [1.165, 1.54) is 11.3 Å². The maximum Gasteiger partial charge on any atom is 0.336 e. The van der Waals surface area contributed by atoms with E-state index >= 15 is 0 Å². The third-order valence-electron chi connectivity index (χ3n) is 6.00. The minimum atomic E-state index is -0.788. The summed E-state index contributed by atoms with van der Waals surface area (Å²) in [5, 5.41) is 14.6. The normalized spacial score (nSPS) is 21.0. The SMILES string of the molecule is CCOC(=O)C1=C(C)NC(C)(c2ccccc2)C(C(=O)OCC)C1c1nccs1.Oc1ccccc1. The molecular weight excluding hydrogens is 476 g/mol. The second-order valence-electron chi connectivity index (χ2n) is 8.37. The molecule has 7 nitrogen and oxygen atoms in total. The van der Waals surface area contributed by atoms with E-state index in [0.29, 0.717) is 22.0 Å². The number of nitrogens with zero attached hydrogens (tertiary/aromatic N) is 1. The van der Waals surface area contributed by atoms with E-state index in [9.17, 15) is 9.59 Å². The molecule has 36 heavy (non-hydrogen) atoms. The maximum absolute atomic E-state index is 13.3. The molecule has 3 unspecified atom stereocenters. The molecule has 1 aromatic heterocycles. The summed E-state index contributed by atoms with van der Waals surface area (Å²) in [5.74, 6) is -1.76. The van der Waals surface area contributed by atoms with Gasteiger partial charge in [-0.2, -0.15) is 0 Å². The zero-order valence-electron chi connectivity index (χ0n) is 20.9. The van der Waals surface area contributed by atoms with Crippen LogP contribution in [0.2, 0.25) is 0 Å². The molecule has 1 aliphatic rings. The monoisotopic (exact) mass is 508 g/mol. The Kier molecular flexibility index (Phi) is 9.25. The minimum Gasteiger partial charge on any atom is -0.508 e. The topological polar surface area (TPSA) is 97.8 Å². The quantitative estimate of drug-likeness (QED) is 0.444. The third-order valence-corrected chi connectivity index (χ3v) is 6.86. The Labute approximate surface area is 215 Å². The highest BCUT2D eigenvalue weighted by molar-refractivity contribution is 7.09. The van der Waals surface area contributed by atoms with Crippen LogP contribution in [0.25, 0.3) is 0 Å². The molecule has 0 saturated heterocycles. The molecule has 0 saturated carbocycles. The van der Waals surface area contributed by atoms with Crippen LogP contribution in [0.4, 0.5) is 0 Å². The van der Waals surface area contributed by atoms with Crippen molar-refractivity contribution in [3.8, 4) is 5.75 Å². The van der Waals surface area contributed by atoms with Crippen molar-refractivity contribution in [3.63, 3.8) is 0 Å². The number of esters is 2. The Morgan fingerprint density at radius 2 is 1.64 bits per heavy atom. The lowest BCUT2D eigenvalue weighted by molar-refractivity contribution is -0.152. The van der Waals surface area contributed by atoms with Gasteiger partial charge in [-0.05, 0) is 45.4 Å². The van der Waals surface area contributed by atoms with Gasteiger partial charge < -0.3 is 19.9 Å². The molecule has 8 heteroatoms. The number of ether oxygens (including phenoxy) is 2. The number of hydrogen-bond donors (Lipinski definition) is 2. The number of hydrogen-bond acceptors (Lipinski definition) is 8. The van der Waals surface area contributed by atoms with Gasteiger partial charge in [0.2, 0.25) is 0 Å². The smallest absolute Gasteiger partial charge is 0.336 e. The van der Waals surface area contributed by atoms with Gasteiger partial charge in [0.15, 0.2) is 0 Å². The molecule has 0 spiro atoms. The standard InChI is InChI=1S/C22H26N2O4S.C6H6O/c1-5-27-20(25)16-14(3)24-22(4,15-10-8-7-9-11-15)18(21(26)28-6-2)17(16)19-23-12-13-29-19;7-6-4-2-1-3-5-6/h7-13,17-18,24H,5-6H2,1-4H3;1-5,7H. The summed E-state index contributed by atoms with van der Waals surface area (Å²) in [6.07, 6.45) is 1.68. The zero-order chi connectivity index (χ0) is 26.1. The first-order valence-electron chi connectivity index (χ1n) is 11.8. The van der Waals surface area contributed by atoms with Gasteiger partial charge in [-0.25, -0.2) is 9.78 Å². The molecule has 190 valence electrons. The van der Waals surface area contributed by atoms with Crippen LogP contribution in [-0.2, 0) is 24.6 Å². The fourth-order valence-corrected chi connectivity index (χ4v) is 5.26. The molecule has 3 atom stereocenters. The Balaban J connectivity index is 0.000000444. The number of benzene rings is 2. The highest BCUT2D eigenvalue weighted by Crippen LogP contribution is 2.48. The molecule has 0 fully saturated rings. The van der Waals surface area contributed by atoms with E-state index in [0.717, 1.165) is 5.56 Å². The number of para-hydroxylation sites is 1. The van der Waals surface area contributed by atoms with E-state index in [1.807, 2.05) is 55.6 Å². The lowest BCUT2D eigenvalue weighted by atomic mass is 9.67. The van der Waals surface area contributed by atoms with E-state index in [2.05, 4.69) is 10.3 Å². The molecule has 2 N–H and O–H groups in total. The van der Waals surface area contributed by atoms with Gasteiger partial charge in [0.05, 0.1) is 36.2 Å². The molecule has 2 aromatic carbocycles. The molecule has 0 bridgehead atoms. The number of nitrogens with one attached hydrogen (secondary N) is 1. The predicted octanol–water partition coefficient (Wildman–Crippen LogP) is 5.15. The van der Waals surface area contributed by atoms with Crippen LogP contribution in [0, 0.1) is 5.92 Å². The van der Waals surface area contributed by atoms with Crippen molar-refractivity contribution in [2.24, 2.45) is 5.92 Å². The molecule has 0 radical (unpaired) electrons. The van der Waals surface area contributed by atoms with Crippen LogP contribution in [-0.4, -0.2) is 35.2 Å². The fourth-order valence-electron chi connectivity index (χ4n) is 4.48. The fraction of sp³-hybridized carbons (Fsp3) is 0.321. The van der Waals surface area contributed by atoms with Gasteiger partial charge in [-0.1, -0.05) is 48.5 Å². The molecule has 3 aromatic rings. The van der Waals surface area contributed by atoms with Crippen molar-refractivity contribution in [2.45, 2.75) is 39.2 Å². The summed E-state index contributed by atoms with van der Waals surface area (Å²) in [6.45, 7) is 7.85. The Morgan fingerprint density at radius 3 is 2.14 bits per heavy atom. The number of carbonyl (C=O) groups is 2. The number of aromatic hydroxyl groups is 1. The van der Waals surface area contributed by atoms with Crippen LogP contribution >= 0.6 is 11.3 Å². The number of aromatic nitrogens is 1. The van der Waals surface area contributed by atoms with Crippen LogP contribution in [0.5, 0.6) is 5.75 Å². The van der Waals surface area contributed by atoms with Crippen molar-refractivity contribution >= 4 is 23.3 Å². The summed E-state index contributed by atoms with van der Waals surface area (Å²) < 4.78 is 10.8. The summed E-state index contributed by atoms with van der Waals surface area (Å²) in [5.41, 5.74) is 1.25. The highest BCUT2D eigenvalue weighted by atomic mass is 32.1. The van der Waals surface area contributed by atoms with E-state index in [-0.39, 0.29) is 19.2 Å². The van der Waals surface area contributed by atoms with Gasteiger partial charge >= 0.3 is 11.9 Å². The number of thiazole rings is 1. The average Bonchev–Trinajstić information content (AvgIpc) is 3.40. The molecular formula is C28H32N2O5S. The summed E-state index contributed by atoms with van der Waals surface area (Å²) in [4.78, 5) is 30.6. The van der Waals surface area contributed by atoms with Crippen molar-refractivity contribution in [1.82, 2.24) is 10.3 Å². The van der Waals surface area contributed by atoms with Gasteiger partial charge in [0.1, 0.15) is 10.8 Å². The minimum absolute atomic E-state index is 0.250. The third kappa shape index (κ3) is 5.94. The molecule has 1 aliphatic heterocycles. The summed E-state index contributed by atoms with van der Waals surface area (Å²) in [6, 6.07) is 18.5. The second-order valence-corrected chi connectivity index (χ2v) is 9.29. The lowest BCUT2D eigenvalue weighted by Crippen LogP contribution is -2.55. The van der Waals surface area contributed by atoms with Gasteiger partial charge in [0.25, 0.3) is 0 Å². The average molecular weight is 509 g/mol. The number of phenols is 1. The van der Waals surface area contributed by atoms with Crippen molar-refractivity contribution in [1.29, 1.82) is 0 Å². The van der Waals surface area contributed by atoms with E-state index < -0.39 is 23.3 Å². The van der Waals surface area contributed by atoms with Gasteiger partial charge in [0, 0.05) is 17.3 Å². The van der Waals surface area contributed by atoms with Crippen molar-refractivity contribution in [3.05, 3.63) is 94.1 Å². The number of allylic oxidation sites excluding steroid dienone is 1. The Bertz CT molecular complexity index is 1170. The van der Waals surface area contributed by atoms with E-state index in [1.54, 1.807) is 44.3 Å². The van der Waals surface area contributed by atoms with Gasteiger partial charge in [-0.3, -0.25) is 4.79 Å². The van der Waals surface area contributed by atoms with Crippen LogP contribution in [0.3, 0.4) is 0 Å². The Morgan fingerprint density at radius 1 is 1.03 bits per heavy atom. The van der Waals surface area contributed by atoms with Crippen LogP contribution < -0.4 is 5.32 Å². The van der Waals surface area contributed by atoms with Crippen LogP contribution in [0.1, 0.15) is 44.2 Å². The van der Waals surface area contributed by atoms with Crippen molar-refractivity contribution < 1.29 is 24.2 Å². The second kappa shape index (κ2) is 12.4. The summed E-state index contributed by atoms with van der Waals surface area (Å²) in [7, 11) is 0.